The van der Waals surface area contributed by atoms with Crippen molar-refractivity contribution in [3.63, 3.8) is 0 Å². The van der Waals surface area contributed by atoms with Gasteiger partial charge in [-0.3, -0.25) is 0 Å². The summed E-state index contributed by atoms with van der Waals surface area (Å²) in [7, 11) is 0. The molecule has 0 aliphatic heterocycles. The zero-order valence-electron chi connectivity index (χ0n) is 9.68. The molecule has 5 unspecified atom stereocenters. The fourth-order valence-electron chi connectivity index (χ4n) is 0. The standard InChI is InChI=1S/H3N.5H2O3Se.Pt/c;5*1-4(2)3;/h1H3;5*(H2,1,2,3);/q;;;;;;+4/p-4. The van der Waals surface area contributed by atoms with Crippen LogP contribution >= 0.6 is 0 Å². The molecule has 0 aromatic carbocycles. The first-order valence-corrected chi connectivity index (χ1v) is 13.4. The quantitative estimate of drug-likeness (QED) is 0.123. The van der Waals surface area contributed by atoms with Gasteiger partial charge in [0.2, 0.25) is 0 Å². The molecule has 9 N–H and O–H groups in total. The second-order valence-corrected chi connectivity index (χ2v) is 5.64. The minimum Gasteiger partial charge on any atom is -0.369 e. The van der Waals surface area contributed by atoms with Gasteiger partial charge in [-0.25, -0.2) is 0 Å². The van der Waals surface area contributed by atoms with E-state index in [1.807, 2.05) is 0 Å². The third-order valence-electron chi connectivity index (χ3n) is 0. The summed E-state index contributed by atoms with van der Waals surface area (Å²) in [4.78, 5) is 0. The Labute approximate surface area is 159 Å². The molecule has 0 saturated heterocycles. The van der Waals surface area contributed by atoms with Gasteiger partial charge in [-0.15, -0.1) is 0 Å². The van der Waals surface area contributed by atoms with Crippen LogP contribution in [0.5, 0.6) is 0 Å². The van der Waals surface area contributed by atoms with Crippen molar-refractivity contribution in [1.82, 2.24) is 6.15 Å². The van der Waals surface area contributed by atoms with Crippen LogP contribution in [0, 0.1) is 0 Å². The Bertz CT molecular complexity index is 213. The van der Waals surface area contributed by atoms with Gasteiger partial charge in [-0.2, -0.15) is 0 Å². The van der Waals surface area contributed by atoms with E-state index >= 15 is 0 Å². The van der Waals surface area contributed by atoms with Gasteiger partial charge in [-0.05, 0) is 0 Å². The van der Waals surface area contributed by atoms with E-state index in [9.17, 15) is 0 Å². The average molecular weight is 853 g/mol. The zero-order chi connectivity index (χ0) is 17.9. The molecular formula is H9NO15PtSe5. The molecule has 0 amide bonds. The van der Waals surface area contributed by atoms with E-state index in [-0.39, 0.29) is 27.2 Å². The summed E-state index contributed by atoms with van der Waals surface area (Å²) in [6.07, 6.45) is 0. The Morgan fingerprint density at radius 3 is 0.455 bits per heavy atom. The van der Waals surface area contributed by atoms with Crippen molar-refractivity contribution >= 4 is 72.5 Å². The van der Waals surface area contributed by atoms with Gasteiger partial charge in [0, 0.05) is 0 Å². The van der Waals surface area contributed by atoms with Crippen LogP contribution in [0.3, 0.4) is 0 Å². The molecular weight excluding hydrogens is 844 g/mol. The van der Waals surface area contributed by atoms with Crippen molar-refractivity contribution in [3.05, 3.63) is 0 Å². The van der Waals surface area contributed by atoms with E-state index in [0.717, 1.165) is 0 Å². The third-order valence-corrected chi connectivity index (χ3v) is 0. The number of hydrogen-bond donors (Lipinski definition) is 6. The van der Waals surface area contributed by atoms with Crippen molar-refractivity contribution in [2.24, 2.45) is 0 Å². The molecule has 0 spiro atoms. The second kappa shape index (κ2) is 38.4. The van der Waals surface area contributed by atoms with Gasteiger partial charge < -0.3 is 6.15 Å². The number of quaternary nitrogens is 1. The molecule has 0 fully saturated rings. The molecule has 144 valence electrons. The van der Waals surface area contributed by atoms with Crippen LogP contribution in [0.15, 0.2) is 0 Å². The fourth-order valence-corrected chi connectivity index (χ4v) is 0. The monoisotopic (exact) mass is 858 g/mol. The van der Waals surface area contributed by atoms with Crippen molar-refractivity contribution < 1.29 is 82.1 Å². The van der Waals surface area contributed by atoms with E-state index in [0.29, 0.717) is 0 Å². The molecule has 0 rings (SSSR count). The van der Waals surface area contributed by atoms with E-state index in [1.54, 1.807) is 0 Å². The molecule has 0 aromatic heterocycles. The van der Waals surface area contributed by atoms with Crippen LogP contribution in [0.2, 0.25) is 0 Å². The summed E-state index contributed by atoms with van der Waals surface area (Å²) in [6, 6.07) is 0. The number of hydrogen-bond acceptors (Lipinski definition) is 10. The Morgan fingerprint density at radius 1 is 0.455 bits per heavy atom. The van der Waals surface area contributed by atoms with E-state index in [2.05, 4.69) is 0 Å². The SMILES string of the molecule is O=[Se]([O-])O.O=[Se]([O-])O.O=[Se]([O-])O.O=[Se]([O-])O.O=[Se]([O-])O.[NH4+].[Pt+4]. The van der Waals surface area contributed by atoms with E-state index in [1.165, 1.54) is 0 Å². The van der Waals surface area contributed by atoms with Gasteiger partial charge in [0.15, 0.2) is 0 Å². The Kier molecular flexibility index (Phi) is 76.6. The van der Waals surface area contributed by atoms with Gasteiger partial charge in [0.25, 0.3) is 0 Å². The van der Waals surface area contributed by atoms with Crippen LogP contribution in [0.4, 0.5) is 0 Å². The van der Waals surface area contributed by atoms with Gasteiger partial charge in [0.05, 0.1) is 0 Å². The first-order valence-electron chi connectivity index (χ1n) is 2.58. The second-order valence-electron chi connectivity index (χ2n) is 1.09. The smallest absolute Gasteiger partial charge is 0.369 e. The minimum absolute atomic E-state index is 0. The summed E-state index contributed by atoms with van der Waals surface area (Å²) >= 11 is -17.7. The molecule has 16 nitrogen and oxygen atoms in total. The van der Waals surface area contributed by atoms with E-state index in [4.69, 9.17) is 61.1 Å². The summed E-state index contributed by atoms with van der Waals surface area (Å²) in [5.74, 6) is 0. The molecule has 22 heteroatoms. The summed E-state index contributed by atoms with van der Waals surface area (Å²) in [6.45, 7) is 0. The van der Waals surface area contributed by atoms with Crippen molar-refractivity contribution in [2.45, 2.75) is 0 Å². The van der Waals surface area contributed by atoms with Crippen LogP contribution in [-0.2, 0) is 40.2 Å². The predicted molar refractivity (Wildman–Crippen MR) is 49.3 cm³/mol. The van der Waals surface area contributed by atoms with Crippen LogP contribution in [-0.4, -0.2) is 93.4 Å². The molecule has 0 bridgehead atoms. The summed E-state index contributed by atoms with van der Waals surface area (Å²) in [5.41, 5.74) is 0. The maximum atomic E-state index is 8.65. The molecule has 0 aromatic rings. The maximum absolute atomic E-state index is 8.65. The molecule has 0 aliphatic carbocycles. The van der Waals surface area contributed by atoms with Crippen molar-refractivity contribution in [1.29, 1.82) is 0 Å². The summed E-state index contributed by atoms with van der Waals surface area (Å²) in [5, 5.41) is 0. The van der Waals surface area contributed by atoms with Gasteiger partial charge in [-0.1, -0.05) is 0 Å². The molecule has 0 aliphatic rings. The topological polar surface area (TPSA) is 338 Å². The average Bonchev–Trinajstić information content (AvgIpc) is 1.94. The van der Waals surface area contributed by atoms with Crippen LogP contribution in [0.1, 0.15) is 0 Å². The normalized spacial score (nSPS) is 14.1. The summed E-state index contributed by atoms with van der Waals surface area (Å²) < 4.78 is 122. The maximum Gasteiger partial charge on any atom is 4.00 e. The molecule has 0 heterocycles. The first kappa shape index (κ1) is 43.9. The van der Waals surface area contributed by atoms with Gasteiger partial charge in [0.1, 0.15) is 0 Å². The Balaban J connectivity index is -0.0000000250. The molecule has 5 atom stereocenters. The van der Waals surface area contributed by atoms with Crippen molar-refractivity contribution in [3.8, 4) is 0 Å². The van der Waals surface area contributed by atoms with Crippen molar-refractivity contribution in [2.75, 3.05) is 0 Å². The van der Waals surface area contributed by atoms with Gasteiger partial charge >= 0.3 is 155 Å². The third kappa shape index (κ3) is 2790. The largest absolute Gasteiger partial charge is 4.00 e. The minimum atomic E-state index is -3.54. The fraction of sp³-hybridized carbons (Fsp3) is 0. The molecule has 22 heavy (non-hydrogen) atoms. The van der Waals surface area contributed by atoms with Crippen LogP contribution in [0.25, 0.3) is 0 Å². The van der Waals surface area contributed by atoms with Crippen LogP contribution < -0.4 is 27.1 Å². The zero-order valence-corrected chi connectivity index (χ0v) is 20.5. The number of rotatable bonds is 0. The Morgan fingerprint density at radius 2 is 0.455 bits per heavy atom. The van der Waals surface area contributed by atoms with E-state index < -0.39 is 72.5 Å². The Hall–Kier alpha value is 1.85. The molecule has 0 saturated carbocycles. The predicted octanol–water partition coefficient (Wildman–Crippen LogP) is -10.9. The first-order chi connectivity index (χ1) is 8.66. The molecule has 0 radical (unpaired) electrons.